The molecule has 2 saturated carbocycles. The smallest absolute Gasteiger partial charge is 0.237 e. The van der Waals surface area contributed by atoms with Gasteiger partial charge in [-0.15, -0.1) is 0 Å². The third kappa shape index (κ3) is 2.09. The van der Waals surface area contributed by atoms with Crippen LogP contribution in [0, 0.1) is 17.8 Å². The Balaban J connectivity index is 1.83. The maximum atomic E-state index is 5.36. The molecule has 0 radical (unpaired) electrons. The van der Waals surface area contributed by atoms with E-state index >= 15 is 0 Å². The Labute approximate surface area is 108 Å². The van der Waals surface area contributed by atoms with Crippen LogP contribution in [0.25, 0.3) is 0 Å². The van der Waals surface area contributed by atoms with Gasteiger partial charge in [0.05, 0.1) is 13.2 Å². The van der Waals surface area contributed by atoms with E-state index < -0.39 is 0 Å². The van der Waals surface area contributed by atoms with Crippen molar-refractivity contribution in [2.24, 2.45) is 17.8 Å². The van der Waals surface area contributed by atoms with Gasteiger partial charge in [-0.3, -0.25) is 4.98 Å². The molecule has 98 valence electrons. The molecule has 2 aliphatic carbocycles. The fourth-order valence-corrected chi connectivity index (χ4v) is 3.45. The molecule has 3 unspecified atom stereocenters. The molecule has 3 atom stereocenters. The molecule has 2 fully saturated rings. The number of aromatic nitrogens is 2. The number of ether oxygens (including phenoxy) is 1. The van der Waals surface area contributed by atoms with Crippen LogP contribution in [0.3, 0.4) is 0 Å². The van der Waals surface area contributed by atoms with Crippen LogP contribution in [-0.2, 0) is 0 Å². The van der Waals surface area contributed by atoms with E-state index in [9.17, 15) is 0 Å². The molecular weight excluding hydrogens is 226 g/mol. The summed E-state index contributed by atoms with van der Waals surface area (Å²) in [5, 5.41) is 3.57. The van der Waals surface area contributed by atoms with Gasteiger partial charge in [-0.1, -0.05) is 6.92 Å². The summed E-state index contributed by atoms with van der Waals surface area (Å²) < 4.78 is 5.36. The largest absolute Gasteiger partial charge is 0.480 e. The van der Waals surface area contributed by atoms with Crippen molar-refractivity contribution in [3.63, 3.8) is 0 Å². The van der Waals surface area contributed by atoms with Gasteiger partial charge < -0.3 is 10.1 Å². The minimum atomic E-state index is 0.298. The van der Waals surface area contributed by atoms with Crippen molar-refractivity contribution in [3.05, 3.63) is 18.1 Å². The van der Waals surface area contributed by atoms with Gasteiger partial charge in [0.25, 0.3) is 0 Å². The summed E-state index contributed by atoms with van der Waals surface area (Å²) in [6.45, 7) is 3.10. The lowest BCUT2D eigenvalue weighted by molar-refractivity contribution is 0.317. The molecule has 1 heterocycles. The Kier molecular flexibility index (Phi) is 3.20. The van der Waals surface area contributed by atoms with Gasteiger partial charge in [-0.25, -0.2) is 4.98 Å². The van der Waals surface area contributed by atoms with Gasteiger partial charge in [-0.05, 0) is 43.6 Å². The average Bonchev–Trinajstić information content (AvgIpc) is 3.03. The van der Waals surface area contributed by atoms with Gasteiger partial charge in [0.15, 0.2) is 0 Å². The van der Waals surface area contributed by atoms with Crippen molar-refractivity contribution in [2.75, 3.05) is 13.7 Å². The Bertz CT molecular complexity index is 413. The van der Waals surface area contributed by atoms with Crippen molar-refractivity contribution < 1.29 is 4.74 Å². The van der Waals surface area contributed by atoms with Crippen LogP contribution in [0.1, 0.15) is 37.9 Å². The highest BCUT2D eigenvalue weighted by molar-refractivity contribution is 5.23. The summed E-state index contributed by atoms with van der Waals surface area (Å²) in [6, 6.07) is 0.298. The molecule has 0 aliphatic heterocycles. The average molecular weight is 247 g/mol. The van der Waals surface area contributed by atoms with Gasteiger partial charge in [0.2, 0.25) is 5.88 Å². The molecule has 1 aromatic rings. The summed E-state index contributed by atoms with van der Waals surface area (Å²) in [5.74, 6) is 3.33. The number of hydrogen-bond acceptors (Lipinski definition) is 4. The molecule has 3 rings (SSSR count). The topological polar surface area (TPSA) is 47.0 Å². The number of nitrogens with zero attached hydrogens (tertiary/aromatic N) is 2. The van der Waals surface area contributed by atoms with Gasteiger partial charge >= 0.3 is 0 Å². The molecule has 18 heavy (non-hydrogen) atoms. The summed E-state index contributed by atoms with van der Waals surface area (Å²) >= 11 is 0. The second kappa shape index (κ2) is 4.84. The van der Waals surface area contributed by atoms with E-state index in [1.54, 1.807) is 19.5 Å². The first-order valence-electron chi connectivity index (χ1n) is 6.91. The van der Waals surface area contributed by atoms with Crippen LogP contribution in [-0.4, -0.2) is 23.6 Å². The summed E-state index contributed by atoms with van der Waals surface area (Å²) in [4.78, 5) is 8.78. The SMILES string of the molecule is CCNC(c1nccnc1OC)C1CC2CC2C1. The minimum Gasteiger partial charge on any atom is -0.480 e. The molecule has 0 saturated heterocycles. The van der Waals surface area contributed by atoms with Crippen LogP contribution in [0.2, 0.25) is 0 Å². The van der Waals surface area contributed by atoms with Gasteiger partial charge in [-0.2, -0.15) is 0 Å². The van der Waals surface area contributed by atoms with Crippen molar-refractivity contribution in [1.82, 2.24) is 15.3 Å². The zero-order valence-corrected chi connectivity index (χ0v) is 11.1. The minimum absolute atomic E-state index is 0.298. The summed E-state index contributed by atoms with van der Waals surface area (Å²) in [5.41, 5.74) is 0.980. The second-order valence-electron chi connectivity index (χ2n) is 5.47. The van der Waals surface area contributed by atoms with Crippen LogP contribution in [0.5, 0.6) is 5.88 Å². The van der Waals surface area contributed by atoms with Crippen molar-refractivity contribution in [1.29, 1.82) is 0 Å². The van der Waals surface area contributed by atoms with Gasteiger partial charge in [0.1, 0.15) is 5.69 Å². The lowest BCUT2D eigenvalue weighted by atomic mass is 9.92. The predicted octanol–water partition coefficient (Wildman–Crippen LogP) is 2.18. The van der Waals surface area contributed by atoms with Crippen LogP contribution in [0.15, 0.2) is 12.4 Å². The van der Waals surface area contributed by atoms with E-state index in [0.717, 1.165) is 24.1 Å². The normalized spacial score (nSPS) is 30.9. The number of hydrogen-bond donors (Lipinski definition) is 1. The van der Waals surface area contributed by atoms with E-state index in [-0.39, 0.29) is 0 Å². The lowest BCUT2D eigenvalue weighted by Gasteiger charge is -2.25. The zero-order chi connectivity index (χ0) is 12.5. The van der Waals surface area contributed by atoms with Crippen molar-refractivity contribution >= 4 is 0 Å². The predicted molar refractivity (Wildman–Crippen MR) is 69.3 cm³/mol. The monoisotopic (exact) mass is 247 g/mol. The summed E-state index contributed by atoms with van der Waals surface area (Å²) in [6.07, 6.45) is 7.58. The van der Waals surface area contributed by atoms with Crippen molar-refractivity contribution in [2.45, 2.75) is 32.2 Å². The molecule has 0 bridgehead atoms. The molecule has 4 nitrogen and oxygen atoms in total. The van der Waals surface area contributed by atoms with Crippen molar-refractivity contribution in [3.8, 4) is 5.88 Å². The highest BCUT2D eigenvalue weighted by atomic mass is 16.5. The maximum Gasteiger partial charge on any atom is 0.237 e. The first-order chi connectivity index (χ1) is 8.83. The molecule has 1 aromatic heterocycles. The molecule has 0 spiro atoms. The quantitative estimate of drug-likeness (QED) is 0.866. The number of methoxy groups -OCH3 is 1. The van der Waals surface area contributed by atoms with Crippen LogP contribution >= 0.6 is 0 Å². The molecular formula is C14H21N3O. The third-order valence-electron chi connectivity index (χ3n) is 4.35. The van der Waals surface area contributed by atoms with Gasteiger partial charge in [0, 0.05) is 12.4 Å². The lowest BCUT2D eigenvalue weighted by Crippen LogP contribution is -2.29. The molecule has 0 amide bonds. The third-order valence-corrected chi connectivity index (χ3v) is 4.35. The first-order valence-corrected chi connectivity index (χ1v) is 6.91. The van der Waals surface area contributed by atoms with E-state index in [1.807, 2.05) is 0 Å². The number of rotatable bonds is 5. The number of nitrogens with one attached hydrogen (secondary N) is 1. The van der Waals surface area contributed by atoms with Crippen LogP contribution in [0.4, 0.5) is 0 Å². The second-order valence-corrected chi connectivity index (χ2v) is 5.47. The Hall–Kier alpha value is -1.16. The highest BCUT2D eigenvalue weighted by Crippen LogP contribution is 2.57. The maximum absolute atomic E-state index is 5.36. The number of fused-ring (bicyclic) bond motifs is 1. The van der Waals surface area contributed by atoms with E-state index in [2.05, 4.69) is 22.2 Å². The Morgan fingerprint density at radius 1 is 1.28 bits per heavy atom. The summed E-state index contributed by atoms with van der Waals surface area (Å²) in [7, 11) is 1.67. The molecule has 4 heteroatoms. The Morgan fingerprint density at radius 3 is 2.67 bits per heavy atom. The molecule has 0 aromatic carbocycles. The molecule has 1 N–H and O–H groups in total. The van der Waals surface area contributed by atoms with Crippen LogP contribution < -0.4 is 10.1 Å². The fourth-order valence-electron chi connectivity index (χ4n) is 3.45. The zero-order valence-electron chi connectivity index (χ0n) is 11.1. The molecule has 2 aliphatic rings. The van der Waals surface area contributed by atoms with E-state index in [4.69, 9.17) is 4.74 Å². The highest BCUT2D eigenvalue weighted by Gasteiger charge is 2.48. The van der Waals surface area contributed by atoms with E-state index in [0.29, 0.717) is 17.8 Å². The Morgan fingerprint density at radius 2 is 2.00 bits per heavy atom. The fraction of sp³-hybridized carbons (Fsp3) is 0.714. The van der Waals surface area contributed by atoms with E-state index in [1.165, 1.54) is 19.3 Å². The first kappa shape index (κ1) is 11.9. The standard InChI is InChI=1S/C14H21N3O/c1-3-15-12(11-7-9-6-10(9)8-11)13-14(18-2)17-5-4-16-13/h4-5,9-12,15H,3,6-8H2,1-2H3.